The number of likely N-dealkylation sites (tertiary alicyclic amines) is 1. The van der Waals surface area contributed by atoms with Crippen molar-refractivity contribution in [3.8, 4) is 0 Å². The van der Waals surface area contributed by atoms with Crippen molar-refractivity contribution >= 4 is 11.9 Å². The highest BCUT2D eigenvalue weighted by Crippen LogP contribution is 2.32. The van der Waals surface area contributed by atoms with Gasteiger partial charge in [0.25, 0.3) is 0 Å². The first-order chi connectivity index (χ1) is 14.5. The molecule has 1 aromatic heterocycles. The highest BCUT2D eigenvalue weighted by molar-refractivity contribution is 5.39. The van der Waals surface area contributed by atoms with Crippen LogP contribution in [-0.2, 0) is 11.2 Å². The molecule has 2 aromatic rings. The van der Waals surface area contributed by atoms with Gasteiger partial charge in [0.15, 0.2) is 0 Å². The van der Waals surface area contributed by atoms with Gasteiger partial charge in [-0.1, -0.05) is 24.3 Å². The second kappa shape index (κ2) is 9.27. The van der Waals surface area contributed by atoms with E-state index in [1.54, 1.807) is 6.33 Å². The number of hydrogen-bond donors (Lipinski definition) is 1. The van der Waals surface area contributed by atoms with Gasteiger partial charge in [-0.05, 0) is 70.3 Å². The van der Waals surface area contributed by atoms with Crippen LogP contribution < -0.4 is 10.2 Å². The van der Waals surface area contributed by atoms with Gasteiger partial charge in [-0.2, -0.15) is 4.98 Å². The van der Waals surface area contributed by atoms with Gasteiger partial charge in [0.2, 0.25) is 11.9 Å². The number of aromatic nitrogens is 3. The van der Waals surface area contributed by atoms with Crippen molar-refractivity contribution in [2.75, 3.05) is 56.7 Å². The molecule has 7 heteroatoms. The second-order valence-electron chi connectivity index (χ2n) is 9.17. The van der Waals surface area contributed by atoms with Crippen LogP contribution in [0.1, 0.15) is 43.7 Å². The topological polar surface area (TPSA) is 66.4 Å². The summed E-state index contributed by atoms with van der Waals surface area (Å²) in [5.74, 6) is 2.00. The fourth-order valence-electron chi connectivity index (χ4n) is 4.50. The van der Waals surface area contributed by atoms with E-state index in [2.05, 4.69) is 75.2 Å². The zero-order chi connectivity index (χ0) is 21.0. The SMILES string of the molecule is CN1CCC(c2ccccc2CC(C)(C)Nc2ncnc(N3CCOCC3)n2)CC1. The smallest absolute Gasteiger partial charge is 0.230 e. The van der Waals surface area contributed by atoms with Gasteiger partial charge in [-0.3, -0.25) is 0 Å². The number of morpholine rings is 1. The van der Waals surface area contributed by atoms with E-state index in [-0.39, 0.29) is 5.54 Å². The van der Waals surface area contributed by atoms with Crippen molar-refractivity contribution in [3.05, 3.63) is 41.7 Å². The van der Waals surface area contributed by atoms with Crippen molar-refractivity contribution in [3.63, 3.8) is 0 Å². The van der Waals surface area contributed by atoms with E-state index in [1.807, 2.05) is 0 Å². The highest BCUT2D eigenvalue weighted by atomic mass is 16.5. The van der Waals surface area contributed by atoms with Crippen LogP contribution in [0.25, 0.3) is 0 Å². The number of rotatable bonds is 6. The Bertz CT molecular complexity index is 828. The fourth-order valence-corrected chi connectivity index (χ4v) is 4.50. The zero-order valence-electron chi connectivity index (χ0n) is 18.5. The molecule has 0 unspecified atom stereocenters. The van der Waals surface area contributed by atoms with Crippen molar-refractivity contribution < 1.29 is 4.74 Å². The number of hydrogen-bond acceptors (Lipinski definition) is 7. The van der Waals surface area contributed by atoms with Gasteiger partial charge in [-0.25, -0.2) is 9.97 Å². The molecular formula is C23H34N6O. The van der Waals surface area contributed by atoms with E-state index < -0.39 is 0 Å². The van der Waals surface area contributed by atoms with Gasteiger partial charge >= 0.3 is 0 Å². The maximum absolute atomic E-state index is 5.43. The van der Waals surface area contributed by atoms with Crippen molar-refractivity contribution in [2.45, 2.75) is 44.6 Å². The Labute approximate surface area is 179 Å². The van der Waals surface area contributed by atoms with Crippen LogP contribution in [0.5, 0.6) is 0 Å². The average molecular weight is 411 g/mol. The molecule has 4 rings (SSSR count). The second-order valence-corrected chi connectivity index (χ2v) is 9.17. The van der Waals surface area contributed by atoms with Gasteiger partial charge in [-0.15, -0.1) is 0 Å². The highest BCUT2D eigenvalue weighted by Gasteiger charge is 2.25. The van der Waals surface area contributed by atoms with Gasteiger partial charge in [0.1, 0.15) is 6.33 Å². The lowest BCUT2D eigenvalue weighted by Crippen LogP contribution is -2.38. The third-order valence-corrected chi connectivity index (χ3v) is 6.15. The predicted octanol–water partition coefficient (Wildman–Crippen LogP) is 2.95. The van der Waals surface area contributed by atoms with Gasteiger partial charge < -0.3 is 19.9 Å². The first-order valence-corrected chi connectivity index (χ1v) is 11.1. The summed E-state index contributed by atoms with van der Waals surface area (Å²) in [5.41, 5.74) is 2.75. The van der Waals surface area contributed by atoms with E-state index in [0.29, 0.717) is 25.1 Å². The molecule has 0 saturated carbocycles. The Morgan fingerprint density at radius 2 is 1.80 bits per heavy atom. The third kappa shape index (κ3) is 5.26. The summed E-state index contributed by atoms with van der Waals surface area (Å²) >= 11 is 0. The molecule has 0 aliphatic carbocycles. The van der Waals surface area contributed by atoms with E-state index in [1.165, 1.54) is 37.1 Å². The minimum Gasteiger partial charge on any atom is -0.378 e. The monoisotopic (exact) mass is 410 g/mol. The van der Waals surface area contributed by atoms with Gasteiger partial charge in [0, 0.05) is 18.6 Å². The summed E-state index contributed by atoms with van der Waals surface area (Å²) in [7, 11) is 2.22. The first kappa shape index (κ1) is 21.0. The molecule has 2 aliphatic heterocycles. The molecule has 2 saturated heterocycles. The summed E-state index contributed by atoms with van der Waals surface area (Å²) in [6.07, 6.45) is 4.99. The van der Waals surface area contributed by atoms with Crippen molar-refractivity contribution in [1.82, 2.24) is 19.9 Å². The molecule has 1 aromatic carbocycles. The molecule has 0 bridgehead atoms. The van der Waals surface area contributed by atoms with Crippen LogP contribution in [0, 0.1) is 0 Å². The standard InChI is InChI=1S/C23H34N6O/c1-23(2,27-21-24-17-25-22(26-21)29-12-14-30-15-13-29)16-19-6-4-5-7-20(19)18-8-10-28(3)11-9-18/h4-7,17-18H,8-16H2,1-3H3,(H,24,25,26,27). The van der Waals surface area contributed by atoms with E-state index in [9.17, 15) is 0 Å². The molecule has 3 heterocycles. The molecule has 1 N–H and O–H groups in total. The lowest BCUT2D eigenvalue weighted by molar-refractivity contribution is 0.122. The van der Waals surface area contributed by atoms with Gasteiger partial charge in [0.05, 0.1) is 13.2 Å². The zero-order valence-corrected chi connectivity index (χ0v) is 18.5. The Balaban J connectivity index is 1.46. The Kier molecular flexibility index (Phi) is 6.49. The molecule has 2 fully saturated rings. The maximum Gasteiger partial charge on any atom is 0.230 e. The minimum atomic E-state index is -0.175. The molecule has 0 amide bonds. The summed E-state index contributed by atoms with van der Waals surface area (Å²) in [4.78, 5) is 18.0. The summed E-state index contributed by atoms with van der Waals surface area (Å²) in [6, 6.07) is 8.94. The molecular weight excluding hydrogens is 376 g/mol. The van der Waals surface area contributed by atoms with Crippen LogP contribution in [0.3, 0.4) is 0 Å². The molecule has 7 nitrogen and oxygen atoms in total. The molecule has 2 aliphatic rings. The van der Waals surface area contributed by atoms with Crippen LogP contribution >= 0.6 is 0 Å². The number of anilines is 2. The van der Waals surface area contributed by atoms with Crippen LogP contribution in [-0.4, -0.2) is 71.8 Å². The predicted molar refractivity (Wildman–Crippen MR) is 120 cm³/mol. The number of piperidine rings is 1. The number of nitrogens with zero attached hydrogens (tertiary/aromatic N) is 5. The molecule has 0 spiro atoms. The van der Waals surface area contributed by atoms with Crippen molar-refractivity contribution in [1.29, 1.82) is 0 Å². The van der Waals surface area contributed by atoms with E-state index in [4.69, 9.17) is 4.74 Å². The number of nitrogens with one attached hydrogen (secondary N) is 1. The van der Waals surface area contributed by atoms with Crippen molar-refractivity contribution in [2.24, 2.45) is 0 Å². The summed E-state index contributed by atoms with van der Waals surface area (Å²) in [6.45, 7) is 9.85. The first-order valence-electron chi connectivity index (χ1n) is 11.1. The largest absolute Gasteiger partial charge is 0.378 e. The summed E-state index contributed by atoms with van der Waals surface area (Å²) in [5, 5.41) is 3.56. The summed E-state index contributed by atoms with van der Waals surface area (Å²) < 4.78 is 5.43. The number of ether oxygens (including phenoxy) is 1. The molecule has 162 valence electrons. The van der Waals surface area contributed by atoms with Crippen LogP contribution in [0.15, 0.2) is 30.6 Å². The molecule has 0 atom stereocenters. The lowest BCUT2D eigenvalue weighted by atomic mass is 9.83. The molecule has 30 heavy (non-hydrogen) atoms. The minimum absolute atomic E-state index is 0.175. The Morgan fingerprint density at radius 3 is 2.57 bits per heavy atom. The molecule has 0 radical (unpaired) electrons. The fraction of sp³-hybridized carbons (Fsp3) is 0.609. The lowest BCUT2D eigenvalue weighted by Gasteiger charge is -2.33. The third-order valence-electron chi connectivity index (χ3n) is 6.15. The normalized spacial score (nSPS) is 19.1. The van der Waals surface area contributed by atoms with Crippen LogP contribution in [0.4, 0.5) is 11.9 Å². The van der Waals surface area contributed by atoms with Crippen LogP contribution in [0.2, 0.25) is 0 Å². The maximum atomic E-state index is 5.43. The van der Waals surface area contributed by atoms with E-state index >= 15 is 0 Å². The quantitative estimate of drug-likeness (QED) is 0.785. The Hall–Kier alpha value is -2.25. The number of benzene rings is 1. The van der Waals surface area contributed by atoms with E-state index in [0.717, 1.165) is 25.5 Å². The Morgan fingerprint density at radius 1 is 1.07 bits per heavy atom. The average Bonchev–Trinajstić information content (AvgIpc) is 2.75.